The molecule has 1 aliphatic rings. The van der Waals surface area contributed by atoms with Crippen LogP contribution in [0.3, 0.4) is 0 Å². The van der Waals surface area contributed by atoms with Crippen LogP contribution < -0.4 is 10.6 Å². The Kier molecular flexibility index (Phi) is 2.81. The molecular formula is C12H15FN2O. The molecule has 2 atom stereocenters. The van der Waals surface area contributed by atoms with Crippen molar-refractivity contribution in [1.29, 1.82) is 0 Å². The van der Waals surface area contributed by atoms with Crippen LogP contribution in [0.1, 0.15) is 20.3 Å². The van der Waals surface area contributed by atoms with Crippen molar-refractivity contribution in [3.05, 3.63) is 24.0 Å². The number of rotatable bonds is 2. The van der Waals surface area contributed by atoms with Gasteiger partial charge < -0.3 is 10.6 Å². The molecule has 2 unspecified atom stereocenters. The zero-order valence-corrected chi connectivity index (χ0v) is 9.38. The van der Waals surface area contributed by atoms with Crippen molar-refractivity contribution in [2.24, 2.45) is 5.92 Å². The van der Waals surface area contributed by atoms with Gasteiger partial charge in [0.25, 0.3) is 0 Å². The summed E-state index contributed by atoms with van der Waals surface area (Å²) >= 11 is 0. The fourth-order valence-corrected chi connectivity index (χ4v) is 1.83. The molecule has 2 N–H and O–H groups in total. The van der Waals surface area contributed by atoms with Crippen molar-refractivity contribution in [2.75, 3.05) is 10.6 Å². The van der Waals surface area contributed by atoms with Crippen LogP contribution in [-0.4, -0.2) is 11.9 Å². The number of amides is 1. The number of nitrogens with one attached hydrogen (secondary N) is 2. The average Bonchev–Trinajstić information content (AvgIpc) is 2.27. The first-order valence-electron chi connectivity index (χ1n) is 5.48. The van der Waals surface area contributed by atoms with E-state index in [1.165, 1.54) is 12.1 Å². The van der Waals surface area contributed by atoms with Crippen molar-refractivity contribution < 1.29 is 9.18 Å². The van der Waals surface area contributed by atoms with Crippen LogP contribution in [0.4, 0.5) is 15.8 Å². The van der Waals surface area contributed by atoms with E-state index in [4.69, 9.17) is 0 Å². The molecule has 0 fully saturated rings. The first kappa shape index (κ1) is 10.9. The summed E-state index contributed by atoms with van der Waals surface area (Å²) in [5.41, 5.74) is 1.30. The largest absolute Gasteiger partial charge is 0.372 e. The normalized spacial score (nSPS) is 20.7. The number of benzene rings is 1. The molecule has 16 heavy (non-hydrogen) atoms. The minimum atomic E-state index is -0.345. The Balaban J connectivity index is 2.28. The van der Waals surface area contributed by atoms with Gasteiger partial charge in [-0.25, -0.2) is 4.39 Å². The number of anilines is 2. The van der Waals surface area contributed by atoms with E-state index >= 15 is 0 Å². The molecule has 3 nitrogen and oxygen atoms in total. The Labute approximate surface area is 94.0 Å². The van der Waals surface area contributed by atoms with Gasteiger partial charge in [-0.1, -0.05) is 20.3 Å². The predicted molar refractivity (Wildman–Crippen MR) is 61.9 cm³/mol. The predicted octanol–water partition coefficient (Wildman–Crippen LogP) is 2.60. The molecule has 1 aromatic carbocycles. The van der Waals surface area contributed by atoms with E-state index in [1.807, 2.05) is 13.8 Å². The molecule has 1 amide bonds. The summed E-state index contributed by atoms with van der Waals surface area (Å²) < 4.78 is 13.0. The van der Waals surface area contributed by atoms with Crippen molar-refractivity contribution >= 4 is 17.3 Å². The summed E-state index contributed by atoms with van der Waals surface area (Å²) in [5, 5.41) is 5.87. The summed E-state index contributed by atoms with van der Waals surface area (Å²) in [5.74, 6) is -0.187. The highest BCUT2D eigenvalue weighted by Gasteiger charge is 2.29. The third-order valence-corrected chi connectivity index (χ3v) is 3.05. The maximum absolute atomic E-state index is 13.0. The minimum Gasteiger partial charge on any atom is -0.372 e. The maximum Gasteiger partial charge on any atom is 0.247 e. The Morgan fingerprint density at radius 2 is 2.19 bits per heavy atom. The second-order valence-electron chi connectivity index (χ2n) is 4.19. The van der Waals surface area contributed by atoms with Gasteiger partial charge in [0.1, 0.15) is 11.9 Å². The molecule has 4 heteroatoms. The first-order chi connectivity index (χ1) is 7.61. The van der Waals surface area contributed by atoms with Gasteiger partial charge in [-0.05, 0) is 24.1 Å². The Morgan fingerprint density at radius 3 is 2.88 bits per heavy atom. The Morgan fingerprint density at radius 1 is 1.44 bits per heavy atom. The molecule has 0 saturated carbocycles. The van der Waals surface area contributed by atoms with Crippen LogP contribution in [0.5, 0.6) is 0 Å². The topological polar surface area (TPSA) is 41.1 Å². The number of carbonyl (C=O) groups excluding carboxylic acids is 1. The second-order valence-corrected chi connectivity index (χ2v) is 4.19. The van der Waals surface area contributed by atoms with Gasteiger partial charge in [-0.3, -0.25) is 4.79 Å². The molecule has 1 aromatic rings. The molecule has 0 spiro atoms. The van der Waals surface area contributed by atoms with Gasteiger partial charge in [0.15, 0.2) is 0 Å². The summed E-state index contributed by atoms with van der Waals surface area (Å²) in [6.45, 7) is 4.06. The number of halogens is 1. The maximum atomic E-state index is 13.0. The second kappa shape index (κ2) is 4.12. The minimum absolute atomic E-state index is 0.0903. The molecule has 86 valence electrons. The Bertz CT molecular complexity index is 419. The fourth-order valence-electron chi connectivity index (χ4n) is 1.83. The van der Waals surface area contributed by atoms with Gasteiger partial charge in [0.2, 0.25) is 5.91 Å². The van der Waals surface area contributed by atoms with E-state index in [-0.39, 0.29) is 23.7 Å². The number of carbonyl (C=O) groups is 1. The average molecular weight is 222 g/mol. The van der Waals surface area contributed by atoms with Crippen LogP contribution in [0, 0.1) is 11.7 Å². The zero-order chi connectivity index (χ0) is 11.7. The summed E-state index contributed by atoms with van der Waals surface area (Å²) in [4.78, 5) is 11.8. The molecular weight excluding hydrogens is 207 g/mol. The molecule has 0 aromatic heterocycles. The van der Waals surface area contributed by atoms with Gasteiger partial charge >= 0.3 is 0 Å². The number of fused-ring (bicyclic) bond motifs is 1. The van der Waals surface area contributed by atoms with Gasteiger partial charge in [-0.2, -0.15) is 0 Å². The molecule has 1 aliphatic heterocycles. The monoisotopic (exact) mass is 222 g/mol. The molecule has 0 radical (unpaired) electrons. The summed E-state index contributed by atoms with van der Waals surface area (Å²) in [6, 6.07) is 4.13. The molecule has 0 aliphatic carbocycles. The molecule has 1 heterocycles. The van der Waals surface area contributed by atoms with Crippen LogP contribution in [0.25, 0.3) is 0 Å². The van der Waals surface area contributed by atoms with E-state index < -0.39 is 0 Å². The van der Waals surface area contributed by atoms with Crippen LogP contribution in [0.2, 0.25) is 0 Å². The standard InChI is InChI=1S/C12H15FN2O/c1-3-7(2)11-12(16)15-10-6-8(13)4-5-9(10)14-11/h4-7,11,14H,3H2,1-2H3,(H,15,16). The van der Waals surface area contributed by atoms with Gasteiger partial charge in [0, 0.05) is 0 Å². The fraction of sp³-hybridized carbons (Fsp3) is 0.417. The van der Waals surface area contributed by atoms with E-state index in [0.29, 0.717) is 5.69 Å². The molecule has 0 bridgehead atoms. The van der Waals surface area contributed by atoms with E-state index in [1.54, 1.807) is 6.07 Å². The lowest BCUT2D eigenvalue weighted by Gasteiger charge is -2.30. The van der Waals surface area contributed by atoms with Crippen LogP contribution >= 0.6 is 0 Å². The number of hydrogen-bond donors (Lipinski definition) is 2. The quantitative estimate of drug-likeness (QED) is 0.807. The van der Waals surface area contributed by atoms with Gasteiger partial charge in [-0.15, -0.1) is 0 Å². The Hall–Kier alpha value is -1.58. The number of hydrogen-bond acceptors (Lipinski definition) is 2. The van der Waals surface area contributed by atoms with Crippen molar-refractivity contribution in [2.45, 2.75) is 26.3 Å². The van der Waals surface area contributed by atoms with E-state index in [2.05, 4.69) is 10.6 Å². The van der Waals surface area contributed by atoms with E-state index in [9.17, 15) is 9.18 Å². The van der Waals surface area contributed by atoms with Crippen LogP contribution in [0.15, 0.2) is 18.2 Å². The highest BCUT2D eigenvalue weighted by molar-refractivity contribution is 6.03. The zero-order valence-electron chi connectivity index (χ0n) is 9.38. The lowest BCUT2D eigenvalue weighted by molar-refractivity contribution is -0.118. The van der Waals surface area contributed by atoms with Crippen molar-refractivity contribution in [3.8, 4) is 0 Å². The van der Waals surface area contributed by atoms with E-state index in [0.717, 1.165) is 12.1 Å². The first-order valence-corrected chi connectivity index (χ1v) is 5.48. The molecule has 2 rings (SSSR count). The third kappa shape index (κ3) is 1.87. The van der Waals surface area contributed by atoms with Crippen molar-refractivity contribution in [3.63, 3.8) is 0 Å². The lowest BCUT2D eigenvalue weighted by atomic mass is 9.96. The highest BCUT2D eigenvalue weighted by Crippen LogP contribution is 2.29. The van der Waals surface area contributed by atoms with Crippen molar-refractivity contribution in [1.82, 2.24) is 0 Å². The SMILES string of the molecule is CCC(C)C1Nc2ccc(F)cc2NC1=O. The smallest absolute Gasteiger partial charge is 0.247 e. The van der Waals surface area contributed by atoms with Gasteiger partial charge in [0.05, 0.1) is 11.4 Å². The lowest BCUT2D eigenvalue weighted by Crippen LogP contribution is -2.43. The summed E-state index contributed by atoms with van der Waals surface area (Å²) in [6.07, 6.45) is 0.918. The highest BCUT2D eigenvalue weighted by atomic mass is 19.1. The summed E-state index contributed by atoms with van der Waals surface area (Å²) in [7, 11) is 0. The third-order valence-electron chi connectivity index (χ3n) is 3.05. The van der Waals surface area contributed by atoms with Crippen LogP contribution in [-0.2, 0) is 4.79 Å². The molecule has 0 saturated heterocycles.